The molecular weight excluding hydrogens is 286 g/mol. The number of nitrogens with zero attached hydrogens (tertiary/aromatic N) is 1. The average molecular weight is 305 g/mol. The van der Waals surface area contributed by atoms with Crippen molar-refractivity contribution in [2.24, 2.45) is 0 Å². The molecule has 2 fully saturated rings. The minimum Gasteiger partial charge on any atom is -0.496 e. The lowest BCUT2D eigenvalue weighted by atomic mass is 9.79. The van der Waals surface area contributed by atoms with E-state index in [2.05, 4.69) is 6.07 Å². The zero-order valence-electron chi connectivity index (χ0n) is 12.0. The molecule has 112 valence electrons. The van der Waals surface area contributed by atoms with Crippen LogP contribution in [0.1, 0.15) is 43.2 Å². The van der Waals surface area contributed by atoms with E-state index in [-0.39, 0.29) is 10.5 Å². The van der Waals surface area contributed by atoms with Gasteiger partial charge in [0.05, 0.1) is 24.3 Å². The Bertz CT molecular complexity index is 606. The van der Waals surface area contributed by atoms with E-state index < -0.39 is 16.4 Å². The number of hydrogen-bond donors (Lipinski definition) is 1. The summed E-state index contributed by atoms with van der Waals surface area (Å²) >= 11 is 0. The van der Waals surface area contributed by atoms with Crippen molar-refractivity contribution in [3.8, 4) is 11.8 Å². The van der Waals surface area contributed by atoms with Crippen molar-refractivity contribution >= 4 is 10.8 Å². The van der Waals surface area contributed by atoms with Crippen molar-refractivity contribution in [3.63, 3.8) is 0 Å². The molecule has 0 saturated carbocycles. The third kappa shape index (κ3) is 2.47. The maximum atomic E-state index is 12.3. The van der Waals surface area contributed by atoms with Crippen molar-refractivity contribution in [1.29, 1.82) is 5.26 Å². The Morgan fingerprint density at radius 2 is 2.05 bits per heavy atom. The van der Waals surface area contributed by atoms with Gasteiger partial charge >= 0.3 is 0 Å². The van der Waals surface area contributed by atoms with Crippen molar-refractivity contribution < 1.29 is 14.1 Å². The van der Waals surface area contributed by atoms with Gasteiger partial charge in [-0.05, 0) is 43.9 Å². The number of nitriles is 1. The second-order valence-electron chi connectivity index (χ2n) is 5.97. The van der Waals surface area contributed by atoms with E-state index in [0.717, 1.165) is 19.3 Å². The molecule has 2 unspecified atom stereocenters. The minimum absolute atomic E-state index is 0.0537. The Kier molecular flexibility index (Phi) is 3.76. The van der Waals surface area contributed by atoms with Gasteiger partial charge < -0.3 is 9.84 Å². The predicted molar refractivity (Wildman–Crippen MR) is 80.4 cm³/mol. The van der Waals surface area contributed by atoms with Crippen LogP contribution >= 0.6 is 0 Å². The van der Waals surface area contributed by atoms with Gasteiger partial charge in [-0.3, -0.25) is 4.21 Å². The molecule has 2 aliphatic heterocycles. The Labute approximate surface area is 127 Å². The van der Waals surface area contributed by atoms with E-state index in [1.807, 2.05) is 0 Å². The highest BCUT2D eigenvalue weighted by Gasteiger charge is 2.47. The first-order valence-electron chi connectivity index (χ1n) is 7.28. The van der Waals surface area contributed by atoms with Gasteiger partial charge in [-0.25, -0.2) is 0 Å². The molecular formula is C16H19NO3S. The van der Waals surface area contributed by atoms with Gasteiger partial charge in [0.15, 0.2) is 0 Å². The quantitative estimate of drug-likeness (QED) is 0.909. The van der Waals surface area contributed by atoms with E-state index in [1.165, 1.54) is 0 Å². The zero-order valence-corrected chi connectivity index (χ0v) is 12.9. The summed E-state index contributed by atoms with van der Waals surface area (Å²) in [7, 11) is 0.728. The van der Waals surface area contributed by atoms with Crippen molar-refractivity contribution in [1.82, 2.24) is 0 Å². The van der Waals surface area contributed by atoms with Crippen LogP contribution in [-0.4, -0.2) is 26.9 Å². The van der Waals surface area contributed by atoms with Gasteiger partial charge in [0.2, 0.25) is 0 Å². The highest BCUT2D eigenvalue weighted by Crippen LogP contribution is 2.46. The Morgan fingerprint density at radius 1 is 1.38 bits per heavy atom. The monoisotopic (exact) mass is 305 g/mol. The summed E-state index contributed by atoms with van der Waals surface area (Å²) in [5.74, 6) is 0.599. The summed E-state index contributed by atoms with van der Waals surface area (Å²) in [6, 6.07) is 7.24. The largest absolute Gasteiger partial charge is 0.496 e. The molecule has 0 aliphatic carbocycles. The van der Waals surface area contributed by atoms with Crippen LogP contribution in [0.2, 0.25) is 0 Å². The molecule has 1 N–H and O–H groups in total. The second kappa shape index (κ2) is 5.43. The average Bonchev–Trinajstić information content (AvgIpc) is 2.48. The topological polar surface area (TPSA) is 70.3 Å². The van der Waals surface area contributed by atoms with Crippen molar-refractivity contribution in [3.05, 3.63) is 29.3 Å². The molecule has 21 heavy (non-hydrogen) atoms. The van der Waals surface area contributed by atoms with Crippen LogP contribution in [0.15, 0.2) is 18.2 Å². The molecule has 2 saturated heterocycles. The summed E-state index contributed by atoms with van der Waals surface area (Å²) < 4.78 is 17.7. The van der Waals surface area contributed by atoms with Crippen molar-refractivity contribution in [2.75, 3.05) is 7.11 Å². The van der Waals surface area contributed by atoms with Crippen LogP contribution in [0.3, 0.4) is 0 Å². The van der Waals surface area contributed by atoms with Crippen LogP contribution in [0, 0.1) is 11.3 Å². The fourth-order valence-corrected chi connectivity index (χ4v) is 5.87. The fourth-order valence-electron chi connectivity index (χ4n) is 3.64. The van der Waals surface area contributed by atoms with Gasteiger partial charge in [0, 0.05) is 26.9 Å². The number of fused-ring (bicyclic) bond motifs is 2. The zero-order chi connectivity index (χ0) is 15.0. The lowest BCUT2D eigenvalue weighted by molar-refractivity contribution is 0.00451. The number of benzene rings is 1. The molecule has 4 nitrogen and oxygen atoms in total. The maximum Gasteiger partial charge on any atom is 0.125 e. The van der Waals surface area contributed by atoms with Gasteiger partial charge in [-0.2, -0.15) is 5.26 Å². The SMILES string of the molecule is COc1ccc(C#N)cc1C1(O)CC2CCCC(C1)S2=O. The van der Waals surface area contributed by atoms with E-state index in [4.69, 9.17) is 10.00 Å². The molecule has 0 spiro atoms. The number of aliphatic hydroxyl groups is 1. The number of methoxy groups -OCH3 is 1. The number of rotatable bonds is 2. The second-order valence-corrected chi connectivity index (χ2v) is 7.96. The predicted octanol–water partition coefficient (Wildman–Crippen LogP) is 2.22. The summed E-state index contributed by atoms with van der Waals surface area (Å²) in [6.07, 6.45) is 3.88. The molecule has 2 aliphatic rings. The highest BCUT2D eigenvalue weighted by atomic mass is 32.2. The maximum absolute atomic E-state index is 12.3. The fraction of sp³-hybridized carbons (Fsp3) is 0.562. The van der Waals surface area contributed by atoms with E-state index >= 15 is 0 Å². The smallest absolute Gasteiger partial charge is 0.125 e. The molecule has 1 aromatic rings. The van der Waals surface area contributed by atoms with Crippen LogP contribution in [0.5, 0.6) is 5.75 Å². The van der Waals surface area contributed by atoms with Crippen LogP contribution in [0.4, 0.5) is 0 Å². The molecule has 1 aromatic carbocycles. The van der Waals surface area contributed by atoms with Crippen LogP contribution in [0.25, 0.3) is 0 Å². The Hall–Kier alpha value is -1.38. The van der Waals surface area contributed by atoms with Crippen molar-refractivity contribution in [2.45, 2.75) is 48.2 Å². The van der Waals surface area contributed by atoms with E-state index in [0.29, 0.717) is 29.7 Å². The first kappa shape index (κ1) is 14.6. The molecule has 2 bridgehead atoms. The number of hydrogen-bond acceptors (Lipinski definition) is 4. The van der Waals surface area contributed by atoms with E-state index in [1.54, 1.807) is 25.3 Å². The van der Waals surface area contributed by atoms with E-state index in [9.17, 15) is 9.32 Å². The molecule has 0 radical (unpaired) electrons. The number of ether oxygens (including phenoxy) is 1. The third-order valence-corrected chi connectivity index (χ3v) is 6.79. The summed E-state index contributed by atoms with van der Waals surface area (Å²) in [4.78, 5) is 0. The van der Waals surface area contributed by atoms with Gasteiger partial charge in [0.25, 0.3) is 0 Å². The van der Waals surface area contributed by atoms with Gasteiger partial charge in [-0.15, -0.1) is 0 Å². The Morgan fingerprint density at radius 3 is 2.62 bits per heavy atom. The van der Waals surface area contributed by atoms with Crippen LogP contribution < -0.4 is 4.74 Å². The minimum atomic E-state index is -1.04. The standard InChI is InChI=1S/C16H19NO3S/c1-20-15-6-5-11(10-17)7-14(15)16(18)8-12-3-2-4-13(9-16)21(12)19/h5-7,12-13,18H,2-4,8-9H2,1H3. The highest BCUT2D eigenvalue weighted by molar-refractivity contribution is 7.86. The summed E-state index contributed by atoms with van der Waals surface area (Å²) in [5, 5.41) is 20.4. The summed E-state index contributed by atoms with van der Waals surface area (Å²) in [6.45, 7) is 0. The Balaban J connectivity index is 2.03. The van der Waals surface area contributed by atoms with Crippen LogP contribution in [-0.2, 0) is 16.4 Å². The summed E-state index contributed by atoms with van der Waals surface area (Å²) in [5.41, 5.74) is 0.135. The lowest BCUT2D eigenvalue weighted by Gasteiger charge is -2.44. The van der Waals surface area contributed by atoms with Gasteiger partial charge in [0.1, 0.15) is 5.75 Å². The van der Waals surface area contributed by atoms with Gasteiger partial charge in [-0.1, -0.05) is 6.42 Å². The lowest BCUT2D eigenvalue weighted by Crippen LogP contribution is -2.47. The first-order chi connectivity index (χ1) is 10.1. The molecule has 0 aromatic heterocycles. The molecule has 0 amide bonds. The molecule has 3 rings (SSSR count). The third-order valence-electron chi connectivity index (χ3n) is 4.67. The molecule has 2 atom stereocenters. The first-order valence-corrected chi connectivity index (χ1v) is 8.55. The molecule has 5 heteroatoms. The molecule has 2 heterocycles. The normalized spacial score (nSPS) is 35.0.